The van der Waals surface area contributed by atoms with E-state index in [4.69, 9.17) is 0 Å². The normalized spacial score (nSPS) is 56.7. The van der Waals surface area contributed by atoms with Crippen molar-refractivity contribution >= 4 is 0 Å². The Bertz CT molecular complexity index is 289. The molecule has 3 aliphatic carbocycles. The van der Waals surface area contributed by atoms with Crippen LogP contribution in [0.25, 0.3) is 0 Å². The molecule has 0 heterocycles. The maximum atomic E-state index is 10.9. The smallest absolute Gasteiger partial charge is 0.0653 e. The van der Waals surface area contributed by atoms with Crippen LogP contribution >= 0.6 is 0 Å². The van der Waals surface area contributed by atoms with Gasteiger partial charge in [0.15, 0.2) is 0 Å². The largest absolute Gasteiger partial charge is 0.390 e. The molecule has 2 heteroatoms. The van der Waals surface area contributed by atoms with Gasteiger partial charge in [0, 0.05) is 0 Å². The van der Waals surface area contributed by atoms with Crippen LogP contribution in [0, 0.1) is 23.7 Å². The lowest BCUT2D eigenvalue weighted by Gasteiger charge is -2.46. The summed E-state index contributed by atoms with van der Waals surface area (Å²) in [5, 5.41) is 21.8. The third-order valence-corrected chi connectivity index (χ3v) is 6.27. The van der Waals surface area contributed by atoms with Crippen LogP contribution in [0.2, 0.25) is 0 Å². The van der Waals surface area contributed by atoms with Gasteiger partial charge in [-0.05, 0) is 76.0 Å². The standard InChI is InChI=1S/C16H28O2/c1-15(17)9-11-5-4-8-14(11)16(2,18)10-12-6-3-7-13(12)15/h11-14,17-18H,3-10H2,1-2H3/t11-,12-,13-,14+,15+,16-/m1/s1. The first-order valence-corrected chi connectivity index (χ1v) is 7.85. The molecule has 0 bridgehead atoms. The predicted octanol–water partition coefficient (Wildman–Crippen LogP) is 3.11. The van der Waals surface area contributed by atoms with Crippen molar-refractivity contribution in [1.82, 2.24) is 0 Å². The van der Waals surface area contributed by atoms with Gasteiger partial charge in [0.1, 0.15) is 0 Å². The lowest BCUT2D eigenvalue weighted by Crippen LogP contribution is -2.48. The second-order valence-electron chi connectivity index (χ2n) is 7.72. The molecule has 0 saturated heterocycles. The minimum Gasteiger partial charge on any atom is -0.390 e. The van der Waals surface area contributed by atoms with Crippen LogP contribution in [-0.2, 0) is 0 Å². The van der Waals surface area contributed by atoms with Gasteiger partial charge in [-0.25, -0.2) is 0 Å². The van der Waals surface area contributed by atoms with Gasteiger partial charge in [-0.3, -0.25) is 0 Å². The summed E-state index contributed by atoms with van der Waals surface area (Å²) in [7, 11) is 0. The lowest BCUT2D eigenvalue weighted by atomic mass is 9.64. The van der Waals surface area contributed by atoms with Crippen LogP contribution in [0.3, 0.4) is 0 Å². The van der Waals surface area contributed by atoms with Crippen LogP contribution in [0.15, 0.2) is 0 Å². The van der Waals surface area contributed by atoms with E-state index >= 15 is 0 Å². The molecular formula is C16H28O2. The molecule has 2 nitrogen and oxygen atoms in total. The average molecular weight is 252 g/mol. The molecule has 0 aromatic carbocycles. The number of rotatable bonds is 0. The molecule has 6 atom stereocenters. The highest BCUT2D eigenvalue weighted by atomic mass is 16.3. The molecule has 0 amide bonds. The van der Waals surface area contributed by atoms with Gasteiger partial charge in [0.05, 0.1) is 11.2 Å². The topological polar surface area (TPSA) is 40.5 Å². The summed E-state index contributed by atoms with van der Waals surface area (Å²) in [6.45, 7) is 4.12. The Balaban J connectivity index is 1.91. The van der Waals surface area contributed by atoms with E-state index in [2.05, 4.69) is 13.8 Å². The molecule has 18 heavy (non-hydrogen) atoms. The fourth-order valence-electron chi connectivity index (χ4n) is 5.56. The Hall–Kier alpha value is -0.0800. The highest BCUT2D eigenvalue weighted by molar-refractivity contribution is 5.02. The number of hydrogen-bond donors (Lipinski definition) is 2. The SMILES string of the molecule is C[C@]1(O)C[C@H]2CCC[C@@H]2[C@](C)(O)C[C@H]2CCC[C@H]21. The van der Waals surface area contributed by atoms with Gasteiger partial charge in [-0.2, -0.15) is 0 Å². The Kier molecular flexibility index (Phi) is 3.02. The zero-order valence-corrected chi connectivity index (χ0v) is 11.9. The van der Waals surface area contributed by atoms with Crippen molar-refractivity contribution in [2.24, 2.45) is 23.7 Å². The summed E-state index contributed by atoms with van der Waals surface area (Å²) in [4.78, 5) is 0. The zero-order valence-electron chi connectivity index (χ0n) is 11.9. The molecule has 0 spiro atoms. The van der Waals surface area contributed by atoms with Gasteiger partial charge >= 0.3 is 0 Å². The Morgan fingerprint density at radius 3 is 1.50 bits per heavy atom. The maximum Gasteiger partial charge on any atom is 0.0653 e. The molecule has 0 aromatic rings. The third kappa shape index (κ3) is 2.02. The van der Waals surface area contributed by atoms with Gasteiger partial charge in [-0.15, -0.1) is 0 Å². The summed E-state index contributed by atoms with van der Waals surface area (Å²) in [5.74, 6) is 1.92. The van der Waals surface area contributed by atoms with Crippen LogP contribution in [0.5, 0.6) is 0 Å². The average Bonchev–Trinajstić information content (AvgIpc) is 2.84. The van der Waals surface area contributed by atoms with Crippen molar-refractivity contribution in [2.75, 3.05) is 0 Å². The molecule has 0 unspecified atom stereocenters. The van der Waals surface area contributed by atoms with E-state index in [1.807, 2.05) is 0 Å². The van der Waals surface area contributed by atoms with Gasteiger partial charge in [0.25, 0.3) is 0 Å². The third-order valence-electron chi connectivity index (χ3n) is 6.27. The summed E-state index contributed by atoms with van der Waals surface area (Å²) < 4.78 is 0. The van der Waals surface area contributed by atoms with E-state index in [1.54, 1.807) is 0 Å². The fraction of sp³-hybridized carbons (Fsp3) is 1.00. The molecule has 3 aliphatic rings. The van der Waals surface area contributed by atoms with E-state index in [9.17, 15) is 10.2 Å². The van der Waals surface area contributed by atoms with E-state index in [-0.39, 0.29) is 0 Å². The summed E-state index contributed by atoms with van der Waals surface area (Å²) >= 11 is 0. The van der Waals surface area contributed by atoms with E-state index < -0.39 is 11.2 Å². The van der Waals surface area contributed by atoms with E-state index in [0.29, 0.717) is 23.7 Å². The van der Waals surface area contributed by atoms with Crippen molar-refractivity contribution in [1.29, 1.82) is 0 Å². The maximum absolute atomic E-state index is 10.9. The Labute approximate surface area is 111 Å². The molecular weight excluding hydrogens is 224 g/mol. The van der Waals surface area contributed by atoms with Gasteiger partial charge in [0.2, 0.25) is 0 Å². The minimum absolute atomic E-state index is 0.422. The predicted molar refractivity (Wildman–Crippen MR) is 72.1 cm³/mol. The summed E-state index contributed by atoms with van der Waals surface area (Å²) in [5.41, 5.74) is -0.990. The lowest BCUT2D eigenvalue weighted by molar-refractivity contribution is -0.109. The molecule has 3 rings (SSSR count). The Morgan fingerprint density at radius 1 is 0.722 bits per heavy atom. The monoisotopic (exact) mass is 252 g/mol. The second-order valence-corrected chi connectivity index (χ2v) is 7.72. The van der Waals surface area contributed by atoms with Gasteiger partial charge < -0.3 is 10.2 Å². The van der Waals surface area contributed by atoms with E-state index in [1.165, 1.54) is 25.7 Å². The first kappa shape index (κ1) is 12.9. The first-order chi connectivity index (χ1) is 8.40. The highest BCUT2D eigenvalue weighted by Crippen LogP contribution is 2.53. The van der Waals surface area contributed by atoms with Crippen molar-refractivity contribution in [3.63, 3.8) is 0 Å². The molecule has 3 fully saturated rings. The van der Waals surface area contributed by atoms with Crippen LogP contribution in [-0.4, -0.2) is 21.4 Å². The molecule has 0 radical (unpaired) electrons. The molecule has 0 aliphatic heterocycles. The highest BCUT2D eigenvalue weighted by Gasteiger charge is 2.51. The zero-order chi connectivity index (χ0) is 13.0. The molecule has 2 N–H and O–H groups in total. The van der Waals surface area contributed by atoms with Crippen molar-refractivity contribution in [2.45, 2.75) is 76.4 Å². The van der Waals surface area contributed by atoms with Crippen molar-refractivity contribution in [3.05, 3.63) is 0 Å². The van der Waals surface area contributed by atoms with Crippen LogP contribution in [0.4, 0.5) is 0 Å². The van der Waals surface area contributed by atoms with Crippen LogP contribution in [0.1, 0.15) is 65.2 Å². The molecule has 3 saturated carbocycles. The molecule has 0 aromatic heterocycles. The Morgan fingerprint density at radius 2 is 1.11 bits per heavy atom. The van der Waals surface area contributed by atoms with E-state index in [0.717, 1.165) is 25.7 Å². The van der Waals surface area contributed by atoms with Crippen LogP contribution < -0.4 is 0 Å². The summed E-state index contributed by atoms with van der Waals surface area (Å²) in [6, 6.07) is 0. The number of fused-ring (bicyclic) bond motifs is 2. The van der Waals surface area contributed by atoms with Crippen molar-refractivity contribution in [3.8, 4) is 0 Å². The number of aliphatic hydroxyl groups is 2. The van der Waals surface area contributed by atoms with Crippen molar-refractivity contribution < 1.29 is 10.2 Å². The quantitative estimate of drug-likeness (QED) is 0.695. The number of hydrogen-bond acceptors (Lipinski definition) is 2. The summed E-state index contributed by atoms with van der Waals surface area (Å²) in [6.07, 6.45) is 9.01. The van der Waals surface area contributed by atoms with Gasteiger partial charge in [-0.1, -0.05) is 12.8 Å². The molecule has 104 valence electrons. The fourth-order valence-corrected chi connectivity index (χ4v) is 5.56. The second kappa shape index (κ2) is 4.21. The minimum atomic E-state index is -0.495. The first-order valence-electron chi connectivity index (χ1n) is 7.85.